The minimum absolute atomic E-state index is 0.00295. The van der Waals surface area contributed by atoms with Crippen LogP contribution in [0.5, 0.6) is 0 Å². The molecule has 1 saturated heterocycles. The fraction of sp³-hybridized carbons (Fsp3) is 0.227. The van der Waals surface area contributed by atoms with E-state index in [-0.39, 0.29) is 34.2 Å². The Morgan fingerprint density at radius 3 is 2.58 bits per heavy atom. The van der Waals surface area contributed by atoms with E-state index in [1.165, 1.54) is 16.8 Å². The number of nitrogens with one attached hydrogen (secondary N) is 1. The smallest absolute Gasteiger partial charge is 0.293 e. The van der Waals surface area contributed by atoms with Gasteiger partial charge in [-0.1, -0.05) is 6.07 Å². The zero-order chi connectivity index (χ0) is 22.0. The normalized spacial score (nSPS) is 13.8. The molecule has 0 saturated carbocycles. The molecule has 0 unspecified atom stereocenters. The average molecular weight is 423 g/mol. The van der Waals surface area contributed by atoms with E-state index >= 15 is 0 Å². The lowest BCUT2D eigenvalue weighted by Crippen LogP contribution is -2.40. The van der Waals surface area contributed by atoms with Crippen LogP contribution < -0.4 is 16.6 Å². The van der Waals surface area contributed by atoms with Gasteiger partial charge in [-0.05, 0) is 36.4 Å². The second-order valence-electron chi connectivity index (χ2n) is 7.21. The molecule has 1 amide bonds. The van der Waals surface area contributed by atoms with Crippen molar-refractivity contribution in [3.8, 4) is 11.3 Å². The number of carbonyl (C=O) groups excluding carboxylic acids is 1. The minimum atomic E-state index is -0.592. The molecular weight excluding hydrogens is 401 g/mol. The summed E-state index contributed by atoms with van der Waals surface area (Å²) in [5.41, 5.74) is 6.88. The molecule has 0 bridgehead atoms. The standard InChI is InChI=1S/C22H22FN5O3/c1-27-13-18(16-3-2-4-17(24)19(16)23)26-20(22(27)30)25-15-7-5-14(6-8-15)21(29)28-9-11-31-12-10-28/h2-8,13H,9-12,24H2,1H3,(H,25,26). The third-order valence-electron chi connectivity index (χ3n) is 5.07. The highest BCUT2D eigenvalue weighted by Gasteiger charge is 2.18. The van der Waals surface area contributed by atoms with E-state index in [9.17, 15) is 14.0 Å². The van der Waals surface area contributed by atoms with Crippen LogP contribution in [0.1, 0.15) is 10.4 Å². The molecular formula is C22H22FN5O3. The fourth-order valence-electron chi connectivity index (χ4n) is 3.35. The first-order chi connectivity index (χ1) is 14.9. The maximum atomic E-state index is 14.4. The van der Waals surface area contributed by atoms with Crippen LogP contribution in [0.2, 0.25) is 0 Å². The van der Waals surface area contributed by atoms with E-state index < -0.39 is 5.82 Å². The largest absolute Gasteiger partial charge is 0.396 e. The van der Waals surface area contributed by atoms with Gasteiger partial charge in [0.25, 0.3) is 11.5 Å². The van der Waals surface area contributed by atoms with E-state index in [1.54, 1.807) is 48.3 Å². The van der Waals surface area contributed by atoms with Gasteiger partial charge in [0.1, 0.15) is 0 Å². The monoisotopic (exact) mass is 423 g/mol. The van der Waals surface area contributed by atoms with Crippen molar-refractivity contribution >= 4 is 23.1 Å². The SMILES string of the molecule is Cn1cc(-c2cccc(N)c2F)nc(Nc2ccc(C(=O)N3CCOCC3)cc2)c1=O. The number of hydrogen-bond acceptors (Lipinski definition) is 6. The van der Waals surface area contributed by atoms with Gasteiger partial charge in [0, 0.05) is 43.1 Å². The van der Waals surface area contributed by atoms with Gasteiger partial charge in [-0.3, -0.25) is 9.59 Å². The lowest BCUT2D eigenvalue weighted by Gasteiger charge is -2.26. The number of benzene rings is 2. The minimum Gasteiger partial charge on any atom is -0.396 e. The molecule has 1 aliphatic rings. The van der Waals surface area contributed by atoms with E-state index in [0.717, 1.165) is 0 Å². The molecule has 0 spiro atoms. The van der Waals surface area contributed by atoms with Crippen molar-refractivity contribution in [2.24, 2.45) is 7.05 Å². The molecule has 3 aromatic rings. The molecule has 0 atom stereocenters. The van der Waals surface area contributed by atoms with Crippen molar-refractivity contribution in [3.63, 3.8) is 0 Å². The number of carbonyl (C=O) groups is 1. The quantitative estimate of drug-likeness (QED) is 0.625. The molecule has 3 N–H and O–H groups in total. The number of ether oxygens (including phenoxy) is 1. The van der Waals surface area contributed by atoms with E-state index in [0.29, 0.717) is 37.6 Å². The molecule has 31 heavy (non-hydrogen) atoms. The van der Waals surface area contributed by atoms with Crippen molar-refractivity contribution in [2.45, 2.75) is 0 Å². The molecule has 8 nitrogen and oxygen atoms in total. The van der Waals surface area contributed by atoms with Gasteiger partial charge >= 0.3 is 0 Å². The zero-order valence-electron chi connectivity index (χ0n) is 17.0. The fourth-order valence-corrected chi connectivity index (χ4v) is 3.35. The Kier molecular flexibility index (Phi) is 5.68. The van der Waals surface area contributed by atoms with Gasteiger partial charge in [0.05, 0.1) is 24.6 Å². The summed E-state index contributed by atoms with van der Waals surface area (Å²) in [4.78, 5) is 31.2. The number of morpholine rings is 1. The van der Waals surface area contributed by atoms with Crippen molar-refractivity contribution in [3.05, 3.63) is 70.4 Å². The summed E-state index contributed by atoms with van der Waals surface area (Å²) >= 11 is 0. The summed E-state index contributed by atoms with van der Waals surface area (Å²) < 4.78 is 21.0. The van der Waals surface area contributed by atoms with E-state index in [4.69, 9.17) is 10.5 Å². The molecule has 0 aliphatic carbocycles. The number of halogens is 1. The number of hydrogen-bond donors (Lipinski definition) is 2. The number of nitrogens with zero attached hydrogens (tertiary/aromatic N) is 3. The van der Waals surface area contributed by atoms with Gasteiger partial charge in [0.15, 0.2) is 11.6 Å². The summed E-state index contributed by atoms with van der Waals surface area (Å²) in [5, 5.41) is 2.96. The van der Waals surface area contributed by atoms with Crippen LogP contribution in [-0.2, 0) is 11.8 Å². The van der Waals surface area contributed by atoms with Crippen molar-refractivity contribution in [2.75, 3.05) is 37.4 Å². The van der Waals surface area contributed by atoms with Crippen LogP contribution >= 0.6 is 0 Å². The lowest BCUT2D eigenvalue weighted by atomic mass is 10.1. The Labute approximate surface area is 178 Å². The molecule has 1 aliphatic heterocycles. The van der Waals surface area contributed by atoms with Crippen LogP contribution in [0.15, 0.2) is 53.5 Å². The van der Waals surface area contributed by atoms with Gasteiger partial charge in [-0.15, -0.1) is 0 Å². The number of anilines is 3. The molecule has 4 rings (SSSR count). The third-order valence-corrected chi connectivity index (χ3v) is 5.07. The number of nitrogens with two attached hydrogens (primary N) is 1. The molecule has 0 radical (unpaired) electrons. The predicted molar refractivity (Wildman–Crippen MR) is 116 cm³/mol. The number of aryl methyl sites for hydroxylation is 1. The average Bonchev–Trinajstić information content (AvgIpc) is 2.79. The van der Waals surface area contributed by atoms with Gasteiger partial charge in [-0.2, -0.15) is 0 Å². The maximum Gasteiger partial charge on any atom is 0.293 e. The summed E-state index contributed by atoms with van der Waals surface area (Å²) in [6, 6.07) is 11.4. The maximum absolute atomic E-state index is 14.4. The van der Waals surface area contributed by atoms with Crippen molar-refractivity contribution in [1.29, 1.82) is 0 Å². The Morgan fingerprint density at radius 2 is 1.87 bits per heavy atom. The Bertz CT molecular complexity index is 1170. The molecule has 1 aromatic heterocycles. The number of aromatic nitrogens is 2. The number of rotatable bonds is 4. The first kappa shape index (κ1) is 20.5. The highest BCUT2D eigenvalue weighted by atomic mass is 19.1. The van der Waals surface area contributed by atoms with Crippen LogP contribution in [-0.4, -0.2) is 46.7 Å². The van der Waals surface area contributed by atoms with Crippen molar-refractivity contribution < 1.29 is 13.9 Å². The second kappa shape index (κ2) is 8.57. The van der Waals surface area contributed by atoms with Crippen LogP contribution in [0.4, 0.5) is 21.6 Å². The predicted octanol–water partition coefficient (Wildman–Crippen LogP) is 2.38. The summed E-state index contributed by atoms with van der Waals surface area (Å²) in [6.45, 7) is 2.19. The zero-order valence-corrected chi connectivity index (χ0v) is 17.0. The van der Waals surface area contributed by atoms with Gasteiger partial charge in [-0.25, -0.2) is 9.37 Å². The molecule has 160 valence electrons. The first-order valence-corrected chi connectivity index (χ1v) is 9.80. The van der Waals surface area contributed by atoms with E-state index in [1.807, 2.05) is 0 Å². The van der Waals surface area contributed by atoms with Gasteiger partial charge in [0.2, 0.25) is 0 Å². The first-order valence-electron chi connectivity index (χ1n) is 9.80. The topological polar surface area (TPSA) is 102 Å². The molecule has 2 aromatic carbocycles. The second-order valence-corrected chi connectivity index (χ2v) is 7.21. The molecule has 9 heteroatoms. The lowest BCUT2D eigenvalue weighted by molar-refractivity contribution is 0.0303. The Balaban J connectivity index is 1.59. The molecule has 2 heterocycles. The van der Waals surface area contributed by atoms with Crippen LogP contribution in [0.3, 0.4) is 0 Å². The van der Waals surface area contributed by atoms with Crippen LogP contribution in [0.25, 0.3) is 11.3 Å². The summed E-state index contributed by atoms with van der Waals surface area (Å²) in [6.07, 6.45) is 1.45. The number of nitrogen functional groups attached to an aromatic ring is 1. The highest BCUT2D eigenvalue weighted by Crippen LogP contribution is 2.25. The van der Waals surface area contributed by atoms with Crippen LogP contribution in [0, 0.1) is 5.82 Å². The van der Waals surface area contributed by atoms with Crippen molar-refractivity contribution in [1.82, 2.24) is 14.5 Å². The summed E-state index contributed by atoms with van der Waals surface area (Å²) in [7, 11) is 1.56. The Hall–Kier alpha value is -3.72. The molecule has 1 fully saturated rings. The van der Waals surface area contributed by atoms with Gasteiger partial charge < -0.3 is 25.3 Å². The highest BCUT2D eigenvalue weighted by molar-refractivity contribution is 5.94. The summed E-state index contributed by atoms with van der Waals surface area (Å²) in [5.74, 6) is -0.623. The Morgan fingerprint density at radius 1 is 1.16 bits per heavy atom. The third kappa shape index (κ3) is 4.26. The number of amides is 1. The van der Waals surface area contributed by atoms with E-state index in [2.05, 4.69) is 10.3 Å².